The first-order valence-electron chi connectivity index (χ1n) is 5.05. The summed E-state index contributed by atoms with van der Waals surface area (Å²) in [4.78, 5) is 11.7. The van der Waals surface area contributed by atoms with Gasteiger partial charge in [-0.2, -0.15) is 5.26 Å². The fourth-order valence-electron chi connectivity index (χ4n) is 1.29. The van der Waals surface area contributed by atoms with Crippen molar-refractivity contribution in [3.63, 3.8) is 0 Å². The van der Waals surface area contributed by atoms with E-state index in [2.05, 4.69) is 0 Å². The van der Waals surface area contributed by atoms with Crippen LogP contribution in [0, 0.1) is 11.3 Å². The average molecular weight is 270 g/mol. The van der Waals surface area contributed by atoms with E-state index >= 15 is 0 Å². The van der Waals surface area contributed by atoms with Gasteiger partial charge in [-0.25, -0.2) is 4.79 Å². The molecule has 1 rings (SSSR count). The number of benzene rings is 1. The van der Waals surface area contributed by atoms with Crippen molar-refractivity contribution in [2.24, 2.45) is 0 Å². The molecule has 0 aliphatic carbocycles. The fourth-order valence-corrected chi connectivity index (χ4v) is 1.58. The monoisotopic (exact) mass is 269 g/mol. The van der Waals surface area contributed by atoms with Crippen LogP contribution in [0.25, 0.3) is 0 Å². The molecule has 96 valence electrons. The summed E-state index contributed by atoms with van der Waals surface area (Å²) in [5, 5.41) is 8.80. The van der Waals surface area contributed by atoms with Crippen LogP contribution >= 0.6 is 11.6 Å². The summed E-state index contributed by atoms with van der Waals surface area (Å²) in [5.74, 6) is 0.0116. The Balaban J connectivity index is 3.08. The molecule has 1 atom stereocenters. The van der Waals surface area contributed by atoms with Crippen molar-refractivity contribution >= 4 is 17.6 Å². The number of esters is 1. The van der Waals surface area contributed by atoms with Crippen LogP contribution in [0.5, 0.6) is 11.5 Å². The third kappa shape index (κ3) is 3.05. The minimum atomic E-state index is -0.829. The molecule has 0 N–H and O–H groups in total. The Morgan fingerprint density at radius 2 is 2.06 bits per heavy atom. The molecule has 1 aromatic carbocycles. The third-order valence-corrected chi connectivity index (χ3v) is 2.42. The van der Waals surface area contributed by atoms with Crippen molar-refractivity contribution in [1.29, 1.82) is 5.26 Å². The zero-order chi connectivity index (χ0) is 13.7. The molecule has 18 heavy (non-hydrogen) atoms. The molecule has 1 unspecified atom stereocenters. The number of hydrogen-bond donors (Lipinski definition) is 0. The number of rotatable bonds is 4. The summed E-state index contributed by atoms with van der Waals surface area (Å²) in [5.41, 5.74) is 0.194. The van der Waals surface area contributed by atoms with E-state index in [1.165, 1.54) is 33.3 Å². The topological polar surface area (TPSA) is 68.5 Å². The molecule has 0 bridgehead atoms. The lowest BCUT2D eigenvalue weighted by atomic mass is 10.2. The predicted molar refractivity (Wildman–Crippen MR) is 65.0 cm³/mol. The second kappa shape index (κ2) is 6.12. The zero-order valence-corrected chi connectivity index (χ0v) is 10.9. The summed E-state index contributed by atoms with van der Waals surface area (Å²) in [6, 6.07) is 4.64. The molecule has 0 amide bonds. The molecule has 0 spiro atoms. The van der Waals surface area contributed by atoms with Crippen LogP contribution in [0.2, 0.25) is 5.02 Å². The van der Waals surface area contributed by atoms with Gasteiger partial charge in [0.1, 0.15) is 6.07 Å². The minimum absolute atomic E-state index is 0.194. The summed E-state index contributed by atoms with van der Waals surface area (Å²) in [6.07, 6.45) is -0.829. The smallest absolute Gasteiger partial charge is 0.339 e. The maximum atomic E-state index is 11.7. The molecule has 0 aliphatic heterocycles. The number of ether oxygens (including phenoxy) is 3. The number of hydrogen-bond acceptors (Lipinski definition) is 5. The van der Waals surface area contributed by atoms with E-state index in [0.29, 0.717) is 11.5 Å². The van der Waals surface area contributed by atoms with Crippen molar-refractivity contribution in [2.45, 2.75) is 13.0 Å². The Bertz CT molecular complexity index is 496. The molecule has 6 heteroatoms. The Labute approximate surface area is 110 Å². The summed E-state index contributed by atoms with van der Waals surface area (Å²) in [7, 11) is 2.88. The van der Waals surface area contributed by atoms with Crippen molar-refractivity contribution < 1.29 is 19.0 Å². The lowest BCUT2D eigenvalue weighted by Gasteiger charge is -2.12. The first kappa shape index (κ1) is 14.1. The average Bonchev–Trinajstić information content (AvgIpc) is 2.37. The van der Waals surface area contributed by atoms with Crippen LogP contribution in [0.3, 0.4) is 0 Å². The number of nitrogens with zero attached hydrogens (tertiary/aromatic N) is 1. The van der Waals surface area contributed by atoms with E-state index in [1.807, 2.05) is 0 Å². The Hall–Kier alpha value is -1.93. The van der Waals surface area contributed by atoms with Crippen LogP contribution < -0.4 is 9.47 Å². The number of carbonyl (C=O) groups excluding carboxylic acids is 1. The van der Waals surface area contributed by atoms with Gasteiger partial charge in [0.2, 0.25) is 0 Å². The largest absolute Gasteiger partial charge is 0.493 e. The summed E-state index contributed by atoms with van der Waals surface area (Å²) < 4.78 is 15.0. The summed E-state index contributed by atoms with van der Waals surface area (Å²) in [6.45, 7) is 1.47. The first-order chi connectivity index (χ1) is 8.53. The van der Waals surface area contributed by atoms with Crippen molar-refractivity contribution in [1.82, 2.24) is 0 Å². The number of nitriles is 1. The van der Waals surface area contributed by atoms with Crippen LogP contribution in [-0.4, -0.2) is 26.3 Å². The lowest BCUT2D eigenvalue weighted by Crippen LogP contribution is -2.13. The van der Waals surface area contributed by atoms with Gasteiger partial charge in [-0.05, 0) is 19.1 Å². The van der Waals surface area contributed by atoms with Gasteiger partial charge in [0.25, 0.3) is 0 Å². The third-order valence-electron chi connectivity index (χ3n) is 2.13. The molecule has 1 aromatic rings. The molecule has 0 heterocycles. The van der Waals surface area contributed by atoms with E-state index in [4.69, 9.17) is 31.1 Å². The van der Waals surface area contributed by atoms with E-state index in [9.17, 15) is 4.79 Å². The molecule has 0 radical (unpaired) electrons. The molecule has 0 aliphatic rings. The maximum absolute atomic E-state index is 11.7. The summed E-state index contributed by atoms with van der Waals surface area (Å²) >= 11 is 5.95. The van der Waals surface area contributed by atoms with Gasteiger partial charge in [0.15, 0.2) is 17.6 Å². The standard InChI is InChI=1S/C12H12ClNO4/c1-7(6-14)18-12(15)8-4-9(13)11(17-3)10(5-8)16-2/h4-5,7H,1-3H3. The molecule has 5 nitrogen and oxygen atoms in total. The van der Waals surface area contributed by atoms with Gasteiger partial charge >= 0.3 is 5.97 Å². The van der Waals surface area contributed by atoms with Crippen molar-refractivity contribution in [3.05, 3.63) is 22.7 Å². The molecule has 0 aromatic heterocycles. The maximum Gasteiger partial charge on any atom is 0.339 e. The second-order valence-electron chi connectivity index (χ2n) is 3.37. The fraction of sp³-hybridized carbons (Fsp3) is 0.333. The SMILES string of the molecule is COc1cc(C(=O)OC(C)C#N)cc(Cl)c1OC. The van der Waals surface area contributed by atoms with Gasteiger partial charge < -0.3 is 14.2 Å². The first-order valence-corrected chi connectivity index (χ1v) is 5.43. The van der Waals surface area contributed by atoms with E-state index in [1.54, 1.807) is 6.07 Å². The van der Waals surface area contributed by atoms with Crippen LogP contribution in [0.1, 0.15) is 17.3 Å². The van der Waals surface area contributed by atoms with Crippen molar-refractivity contribution in [2.75, 3.05) is 14.2 Å². The molecule has 0 saturated heterocycles. The highest BCUT2D eigenvalue weighted by atomic mass is 35.5. The van der Waals surface area contributed by atoms with Crippen LogP contribution in [-0.2, 0) is 4.74 Å². The Morgan fingerprint density at radius 1 is 1.39 bits per heavy atom. The van der Waals surface area contributed by atoms with Gasteiger partial charge in [0.05, 0.1) is 24.8 Å². The van der Waals surface area contributed by atoms with Crippen LogP contribution in [0.4, 0.5) is 0 Å². The molecular weight excluding hydrogens is 258 g/mol. The van der Waals surface area contributed by atoms with Gasteiger partial charge in [-0.3, -0.25) is 0 Å². The number of carbonyl (C=O) groups is 1. The van der Waals surface area contributed by atoms with Crippen LogP contribution in [0.15, 0.2) is 12.1 Å². The van der Waals surface area contributed by atoms with Gasteiger partial charge in [-0.1, -0.05) is 11.6 Å². The Kier molecular flexibility index (Phi) is 4.81. The zero-order valence-electron chi connectivity index (χ0n) is 10.2. The highest BCUT2D eigenvalue weighted by molar-refractivity contribution is 6.32. The van der Waals surface area contributed by atoms with E-state index in [-0.39, 0.29) is 10.6 Å². The molecule has 0 saturated carbocycles. The Morgan fingerprint density at radius 3 is 2.56 bits per heavy atom. The number of methoxy groups -OCH3 is 2. The van der Waals surface area contributed by atoms with E-state index < -0.39 is 12.1 Å². The lowest BCUT2D eigenvalue weighted by molar-refractivity contribution is 0.0435. The molecular formula is C12H12ClNO4. The minimum Gasteiger partial charge on any atom is -0.493 e. The second-order valence-corrected chi connectivity index (χ2v) is 3.78. The van der Waals surface area contributed by atoms with E-state index in [0.717, 1.165) is 0 Å². The normalized spacial score (nSPS) is 11.3. The predicted octanol–water partition coefficient (Wildman–Crippen LogP) is 2.43. The van der Waals surface area contributed by atoms with Gasteiger partial charge in [-0.15, -0.1) is 0 Å². The number of halogens is 1. The molecule has 0 fully saturated rings. The van der Waals surface area contributed by atoms with Crippen molar-refractivity contribution in [3.8, 4) is 17.6 Å². The highest BCUT2D eigenvalue weighted by Gasteiger charge is 2.17. The van der Waals surface area contributed by atoms with Gasteiger partial charge in [0, 0.05) is 0 Å². The highest BCUT2D eigenvalue weighted by Crippen LogP contribution is 2.36. The quantitative estimate of drug-likeness (QED) is 0.785.